The summed E-state index contributed by atoms with van der Waals surface area (Å²) in [6.07, 6.45) is 1.69. The van der Waals surface area contributed by atoms with E-state index in [-0.39, 0.29) is 5.92 Å². The van der Waals surface area contributed by atoms with Crippen LogP contribution in [0.4, 0.5) is 0 Å². The van der Waals surface area contributed by atoms with Crippen LogP contribution in [0.15, 0.2) is 30.3 Å². The predicted octanol–water partition coefficient (Wildman–Crippen LogP) is 1.96. The quantitative estimate of drug-likeness (QED) is 0.703. The Bertz CT molecular complexity index is 244. The van der Waals surface area contributed by atoms with Gasteiger partial charge in [0.1, 0.15) is 0 Å². The van der Waals surface area contributed by atoms with E-state index in [9.17, 15) is 0 Å². The van der Waals surface area contributed by atoms with Crippen LogP contribution in [-0.2, 0) is 6.42 Å². The molecule has 14 heavy (non-hydrogen) atoms. The lowest BCUT2D eigenvalue weighted by Gasteiger charge is -2.12. The highest BCUT2D eigenvalue weighted by Crippen LogP contribution is 2.12. The molecule has 1 atom stereocenters. The summed E-state index contributed by atoms with van der Waals surface area (Å²) in [6, 6.07) is 10.3. The lowest BCUT2D eigenvalue weighted by molar-refractivity contribution is -0.0806. The van der Waals surface area contributed by atoms with Gasteiger partial charge in [-0.25, -0.2) is 0 Å². The minimum absolute atomic E-state index is 0.0290. The van der Waals surface area contributed by atoms with Crippen LogP contribution in [0.1, 0.15) is 25.3 Å². The number of aryl methyl sites for hydroxylation is 1. The molecule has 1 aromatic rings. The molecule has 2 N–H and O–H groups in total. The monoisotopic (exact) mass is 194 g/mol. The van der Waals surface area contributed by atoms with Crippen molar-refractivity contribution in [2.24, 2.45) is 5.92 Å². The van der Waals surface area contributed by atoms with E-state index in [4.69, 9.17) is 10.2 Å². The van der Waals surface area contributed by atoms with E-state index in [2.05, 4.69) is 12.1 Å². The fourth-order valence-electron chi connectivity index (χ4n) is 1.42. The van der Waals surface area contributed by atoms with Gasteiger partial charge in [0.25, 0.3) is 0 Å². The number of benzene rings is 1. The second-order valence-corrected chi connectivity index (χ2v) is 3.77. The van der Waals surface area contributed by atoms with Crippen molar-refractivity contribution in [3.8, 4) is 0 Å². The van der Waals surface area contributed by atoms with E-state index in [1.807, 2.05) is 25.1 Å². The smallest absolute Gasteiger partial charge is 0.154 e. The minimum atomic E-state index is -1.18. The van der Waals surface area contributed by atoms with Crippen molar-refractivity contribution in [3.05, 3.63) is 35.9 Å². The van der Waals surface area contributed by atoms with E-state index in [0.717, 1.165) is 19.3 Å². The Hall–Kier alpha value is -0.860. The van der Waals surface area contributed by atoms with Crippen molar-refractivity contribution in [1.82, 2.24) is 0 Å². The summed E-state index contributed by atoms with van der Waals surface area (Å²) in [4.78, 5) is 0. The van der Waals surface area contributed by atoms with Crippen molar-refractivity contribution in [2.75, 3.05) is 0 Å². The average Bonchev–Trinajstić information content (AvgIpc) is 2.19. The molecule has 0 aliphatic heterocycles. The number of aliphatic hydroxyl groups is 2. The molecule has 0 spiro atoms. The minimum Gasteiger partial charge on any atom is -0.368 e. The Kier molecular flexibility index (Phi) is 4.63. The van der Waals surface area contributed by atoms with Gasteiger partial charge in [-0.3, -0.25) is 0 Å². The van der Waals surface area contributed by atoms with Gasteiger partial charge in [-0.15, -0.1) is 0 Å². The molecule has 1 unspecified atom stereocenters. The summed E-state index contributed by atoms with van der Waals surface area (Å²) in [5, 5.41) is 17.7. The molecule has 0 radical (unpaired) electrons. The lowest BCUT2D eigenvalue weighted by atomic mass is 10.0. The van der Waals surface area contributed by atoms with E-state index < -0.39 is 6.29 Å². The van der Waals surface area contributed by atoms with Gasteiger partial charge in [0.15, 0.2) is 6.29 Å². The molecular weight excluding hydrogens is 176 g/mol. The van der Waals surface area contributed by atoms with Crippen molar-refractivity contribution >= 4 is 0 Å². The highest BCUT2D eigenvalue weighted by Gasteiger charge is 2.09. The number of hydrogen-bond donors (Lipinski definition) is 2. The third-order valence-electron chi connectivity index (χ3n) is 2.48. The molecule has 0 aliphatic carbocycles. The summed E-state index contributed by atoms with van der Waals surface area (Å²) in [5.74, 6) is -0.0290. The summed E-state index contributed by atoms with van der Waals surface area (Å²) < 4.78 is 0. The molecule has 0 aromatic heterocycles. The lowest BCUT2D eigenvalue weighted by Crippen LogP contribution is -2.16. The largest absolute Gasteiger partial charge is 0.368 e. The first-order valence-corrected chi connectivity index (χ1v) is 5.10. The molecule has 0 amide bonds. The summed E-state index contributed by atoms with van der Waals surface area (Å²) in [7, 11) is 0. The number of aliphatic hydroxyl groups excluding tert-OH is 1. The maximum absolute atomic E-state index is 8.87. The zero-order valence-electron chi connectivity index (χ0n) is 8.56. The molecule has 0 bridgehead atoms. The van der Waals surface area contributed by atoms with Gasteiger partial charge >= 0.3 is 0 Å². The zero-order valence-corrected chi connectivity index (χ0v) is 8.56. The van der Waals surface area contributed by atoms with Gasteiger partial charge in [0.05, 0.1) is 0 Å². The average molecular weight is 194 g/mol. The van der Waals surface area contributed by atoms with Crippen molar-refractivity contribution in [1.29, 1.82) is 0 Å². The summed E-state index contributed by atoms with van der Waals surface area (Å²) in [5.41, 5.74) is 1.31. The second kappa shape index (κ2) is 5.78. The summed E-state index contributed by atoms with van der Waals surface area (Å²) in [6.45, 7) is 1.86. The Morgan fingerprint density at radius 1 is 1.14 bits per heavy atom. The first-order chi connectivity index (χ1) is 6.70. The Labute approximate surface area is 85.2 Å². The third kappa shape index (κ3) is 3.90. The Morgan fingerprint density at radius 3 is 2.36 bits per heavy atom. The van der Waals surface area contributed by atoms with Crippen molar-refractivity contribution < 1.29 is 10.2 Å². The Morgan fingerprint density at radius 2 is 1.79 bits per heavy atom. The Balaban J connectivity index is 2.22. The van der Waals surface area contributed by atoms with Crippen LogP contribution in [0.2, 0.25) is 0 Å². The van der Waals surface area contributed by atoms with E-state index >= 15 is 0 Å². The van der Waals surface area contributed by atoms with Crippen LogP contribution in [0.25, 0.3) is 0 Å². The van der Waals surface area contributed by atoms with Gasteiger partial charge in [0, 0.05) is 5.92 Å². The molecule has 1 rings (SSSR count). The van der Waals surface area contributed by atoms with Crippen LogP contribution in [0.5, 0.6) is 0 Å². The normalized spacial score (nSPS) is 13.1. The SMILES string of the molecule is CC(CCCc1ccccc1)C(O)O. The fraction of sp³-hybridized carbons (Fsp3) is 0.500. The fourth-order valence-corrected chi connectivity index (χ4v) is 1.42. The van der Waals surface area contributed by atoms with Crippen molar-refractivity contribution in [2.45, 2.75) is 32.5 Å². The van der Waals surface area contributed by atoms with E-state index in [1.54, 1.807) is 0 Å². The van der Waals surface area contributed by atoms with Gasteiger partial charge in [-0.05, 0) is 24.8 Å². The van der Waals surface area contributed by atoms with Gasteiger partial charge < -0.3 is 10.2 Å². The van der Waals surface area contributed by atoms with Crippen LogP contribution < -0.4 is 0 Å². The first kappa shape index (κ1) is 11.2. The summed E-state index contributed by atoms with van der Waals surface area (Å²) >= 11 is 0. The van der Waals surface area contributed by atoms with Crippen LogP contribution >= 0.6 is 0 Å². The molecular formula is C12H18O2. The first-order valence-electron chi connectivity index (χ1n) is 5.10. The van der Waals surface area contributed by atoms with E-state index in [0.29, 0.717) is 0 Å². The van der Waals surface area contributed by atoms with Gasteiger partial charge in [0.2, 0.25) is 0 Å². The van der Waals surface area contributed by atoms with Crippen LogP contribution in [0.3, 0.4) is 0 Å². The highest BCUT2D eigenvalue weighted by molar-refractivity contribution is 5.14. The molecule has 0 saturated carbocycles. The van der Waals surface area contributed by atoms with Crippen LogP contribution in [0, 0.1) is 5.92 Å². The second-order valence-electron chi connectivity index (χ2n) is 3.77. The molecule has 2 heteroatoms. The topological polar surface area (TPSA) is 40.5 Å². The van der Waals surface area contributed by atoms with Crippen molar-refractivity contribution in [3.63, 3.8) is 0 Å². The molecule has 1 aromatic carbocycles. The third-order valence-corrected chi connectivity index (χ3v) is 2.48. The number of rotatable bonds is 5. The maximum Gasteiger partial charge on any atom is 0.154 e. The molecule has 0 fully saturated rings. The molecule has 2 nitrogen and oxygen atoms in total. The van der Waals surface area contributed by atoms with Gasteiger partial charge in [-0.2, -0.15) is 0 Å². The molecule has 0 aliphatic rings. The molecule has 0 heterocycles. The molecule has 78 valence electrons. The van der Waals surface area contributed by atoms with E-state index in [1.165, 1.54) is 5.56 Å². The highest BCUT2D eigenvalue weighted by atomic mass is 16.5. The standard InChI is InChI=1S/C12H18O2/c1-10(12(13)14)6-5-9-11-7-3-2-4-8-11/h2-4,7-8,10,12-14H,5-6,9H2,1H3. The predicted molar refractivity (Wildman–Crippen MR) is 56.8 cm³/mol. The molecule has 0 saturated heterocycles. The van der Waals surface area contributed by atoms with Crippen LogP contribution in [-0.4, -0.2) is 16.5 Å². The maximum atomic E-state index is 8.87. The number of hydrogen-bond acceptors (Lipinski definition) is 2. The zero-order chi connectivity index (χ0) is 10.4. The van der Waals surface area contributed by atoms with Gasteiger partial charge in [-0.1, -0.05) is 37.3 Å².